The summed E-state index contributed by atoms with van der Waals surface area (Å²) < 4.78 is 2.47. The summed E-state index contributed by atoms with van der Waals surface area (Å²) >= 11 is 0. The second kappa shape index (κ2) is 14.8. The first kappa shape index (κ1) is 38.5. The molecule has 0 amide bonds. The summed E-state index contributed by atoms with van der Waals surface area (Å²) in [6.45, 7) is 4.75. The zero-order valence-corrected chi connectivity index (χ0v) is 37.2. The van der Waals surface area contributed by atoms with Crippen LogP contribution in [-0.4, -0.2) is 4.57 Å². The Balaban J connectivity index is 0.978. The van der Waals surface area contributed by atoms with Crippen LogP contribution in [-0.2, 0) is 17.3 Å². The van der Waals surface area contributed by atoms with Crippen molar-refractivity contribution in [2.75, 3.05) is 4.90 Å². The fraction of sp³-hybridized carbons (Fsp3) is 0.0938. The number of fused-ring (bicyclic) bond motifs is 9. The number of hydrogen-bond acceptors (Lipinski definition) is 1. The van der Waals surface area contributed by atoms with Crippen LogP contribution in [0.2, 0.25) is 0 Å². The van der Waals surface area contributed by atoms with E-state index in [1.807, 2.05) is 0 Å². The third kappa shape index (κ3) is 5.55. The Morgan fingerprint density at radius 1 is 0.470 bits per heavy atom. The quantitative estimate of drug-likeness (QED) is 0.155. The topological polar surface area (TPSA) is 8.17 Å². The van der Waals surface area contributed by atoms with Crippen LogP contribution in [0.4, 0.5) is 17.1 Å². The van der Waals surface area contributed by atoms with Gasteiger partial charge in [0.2, 0.25) is 0 Å². The second-order valence-electron chi connectivity index (χ2n) is 18.7. The summed E-state index contributed by atoms with van der Waals surface area (Å²) in [5, 5.41) is 1.32. The van der Waals surface area contributed by atoms with Crippen LogP contribution in [0.1, 0.15) is 64.9 Å². The second-order valence-corrected chi connectivity index (χ2v) is 18.7. The van der Waals surface area contributed by atoms with Crippen molar-refractivity contribution in [3.8, 4) is 39.1 Å². The number of hydrogen-bond donors (Lipinski definition) is 0. The summed E-state index contributed by atoms with van der Waals surface area (Å²) in [7, 11) is 0. The monoisotopic (exact) mass is 844 g/mol. The fourth-order valence-electron chi connectivity index (χ4n) is 12.0. The number of rotatable bonds is 7. The van der Waals surface area contributed by atoms with E-state index in [4.69, 9.17) is 0 Å². The molecule has 9 aromatic carbocycles. The highest BCUT2D eigenvalue weighted by Crippen LogP contribution is 2.60. The maximum Gasteiger partial charge on any atom is 0.0714 e. The minimum Gasteiger partial charge on any atom is -0.313 e. The number of benzene rings is 9. The number of nitrogens with zero attached hydrogens (tertiary/aromatic N) is 2. The fourth-order valence-corrected chi connectivity index (χ4v) is 12.0. The van der Waals surface area contributed by atoms with Crippen molar-refractivity contribution in [3.05, 3.63) is 269 Å². The maximum atomic E-state index is 2.52. The van der Waals surface area contributed by atoms with Gasteiger partial charge in [0.25, 0.3) is 0 Å². The van der Waals surface area contributed by atoms with E-state index in [-0.39, 0.29) is 5.41 Å². The Bertz CT molecular complexity index is 3500. The van der Waals surface area contributed by atoms with Crippen molar-refractivity contribution in [1.82, 2.24) is 4.57 Å². The van der Waals surface area contributed by atoms with Crippen LogP contribution in [0.5, 0.6) is 0 Å². The molecule has 3 aliphatic carbocycles. The lowest BCUT2D eigenvalue weighted by Gasteiger charge is -2.34. The Labute approximate surface area is 387 Å². The van der Waals surface area contributed by atoms with Gasteiger partial charge in [-0.2, -0.15) is 0 Å². The molecule has 0 bridgehead atoms. The van der Waals surface area contributed by atoms with Gasteiger partial charge >= 0.3 is 0 Å². The summed E-state index contributed by atoms with van der Waals surface area (Å²) in [6, 6.07) is 81.6. The summed E-state index contributed by atoms with van der Waals surface area (Å²) in [4.78, 5) is 2.52. The third-order valence-electron chi connectivity index (χ3n) is 15.0. The largest absolute Gasteiger partial charge is 0.313 e. The summed E-state index contributed by atoms with van der Waals surface area (Å²) in [6.07, 6.45) is 6.74. The molecule has 2 nitrogen and oxygen atoms in total. The molecule has 0 fully saturated rings. The molecule has 0 unspecified atom stereocenters. The zero-order chi connectivity index (χ0) is 44.0. The standard InChI is InChI=1S/C64H48N2/c1-63(2)55-26-13-9-22-50(55)51-41-40-49(42-58(51)63)65(47-36-32-43(33-37-47)44-34-38-48(39-35-44)66-59-29-15-11-23-52(59)53-24-12-16-30-60(53)66)61-31-17-28-57-62(61)54-25-10-14-27-56(54)64(57,45-18-5-3-6-19-45)46-20-7-4-8-21-46/h3-15,17-29,31-42H,16,30H2,1-2H3. The molecule has 314 valence electrons. The van der Waals surface area contributed by atoms with E-state index in [0.717, 1.165) is 29.9 Å². The van der Waals surface area contributed by atoms with E-state index in [9.17, 15) is 0 Å². The zero-order valence-electron chi connectivity index (χ0n) is 37.2. The normalized spacial score (nSPS) is 14.6. The number of anilines is 3. The SMILES string of the molecule is CC1(C)c2ccccc2-c2ccc(N(c3ccc(-c4ccc(-n5c6c(c7ccccc75)C=CCC6)cc4)cc3)c3cccc4c3-c3ccccc3C4(c3ccccc3)c3ccccc3)cc21. The van der Waals surface area contributed by atoms with E-state index in [0.29, 0.717) is 0 Å². The first-order valence-electron chi connectivity index (χ1n) is 23.4. The molecule has 2 heteroatoms. The lowest BCUT2D eigenvalue weighted by Crippen LogP contribution is -2.28. The highest BCUT2D eigenvalue weighted by molar-refractivity contribution is 5.98. The van der Waals surface area contributed by atoms with Gasteiger partial charge < -0.3 is 9.47 Å². The van der Waals surface area contributed by atoms with Crippen molar-refractivity contribution in [2.24, 2.45) is 0 Å². The molecule has 0 aliphatic heterocycles. The molecule has 13 rings (SSSR count). The highest BCUT2D eigenvalue weighted by atomic mass is 15.1. The average Bonchev–Trinajstić information content (AvgIpc) is 3.96. The maximum absolute atomic E-state index is 2.52. The average molecular weight is 845 g/mol. The van der Waals surface area contributed by atoms with Gasteiger partial charge in [-0.1, -0.05) is 196 Å². The van der Waals surface area contributed by atoms with Crippen LogP contribution in [0.15, 0.2) is 224 Å². The highest BCUT2D eigenvalue weighted by Gasteiger charge is 2.47. The van der Waals surface area contributed by atoms with Gasteiger partial charge in [0.05, 0.1) is 16.6 Å². The molecule has 1 aromatic heterocycles. The van der Waals surface area contributed by atoms with Gasteiger partial charge in [0.1, 0.15) is 0 Å². The molecule has 3 aliphatic rings. The van der Waals surface area contributed by atoms with E-state index in [1.165, 1.54) is 94.6 Å². The molecule has 0 N–H and O–H groups in total. The van der Waals surface area contributed by atoms with Gasteiger partial charge in [-0.3, -0.25) is 0 Å². The predicted octanol–water partition coefficient (Wildman–Crippen LogP) is 16.4. The Hall–Kier alpha value is -7.94. The van der Waals surface area contributed by atoms with Crippen LogP contribution in [0, 0.1) is 0 Å². The lowest BCUT2D eigenvalue weighted by atomic mass is 9.68. The molecular formula is C64H48N2. The predicted molar refractivity (Wildman–Crippen MR) is 276 cm³/mol. The minimum absolute atomic E-state index is 0.145. The smallest absolute Gasteiger partial charge is 0.0714 e. The molecule has 0 saturated carbocycles. The van der Waals surface area contributed by atoms with Crippen molar-refractivity contribution in [1.29, 1.82) is 0 Å². The molecule has 0 spiro atoms. The van der Waals surface area contributed by atoms with Gasteiger partial charge in [-0.15, -0.1) is 0 Å². The molecule has 0 atom stereocenters. The molecule has 0 saturated heterocycles. The van der Waals surface area contributed by atoms with Gasteiger partial charge in [0.15, 0.2) is 0 Å². The van der Waals surface area contributed by atoms with Gasteiger partial charge in [-0.25, -0.2) is 0 Å². The van der Waals surface area contributed by atoms with Gasteiger partial charge in [-0.05, 0) is 123 Å². The number of allylic oxidation sites excluding steroid dienone is 1. The lowest BCUT2D eigenvalue weighted by molar-refractivity contribution is 0.660. The van der Waals surface area contributed by atoms with E-state index in [2.05, 4.69) is 254 Å². The van der Waals surface area contributed by atoms with Crippen LogP contribution >= 0.6 is 0 Å². The van der Waals surface area contributed by atoms with E-state index >= 15 is 0 Å². The first-order valence-corrected chi connectivity index (χ1v) is 23.4. The van der Waals surface area contributed by atoms with Crippen LogP contribution in [0.25, 0.3) is 56.0 Å². The number of para-hydroxylation sites is 1. The molecule has 66 heavy (non-hydrogen) atoms. The molecule has 1 heterocycles. The van der Waals surface area contributed by atoms with Crippen molar-refractivity contribution in [3.63, 3.8) is 0 Å². The van der Waals surface area contributed by atoms with Crippen molar-refractivity contribution < 1.29 is 0 Å². The molecular weight excluding hydrogens is 797 g/mol. The van der Waals surface area contributed by atoms with Crippen LogP contribution in [0.3, 0.4) is 0 Å². The first-order chi connectivity index (χ1) is 32.5. The van der Waals surface area contributed by atoms with Crippen molar-refractivity contribution in [2.45, 2.75) is 37.5 Å². The Kier molecular flexibility index (Phi) is 8.64. The summed E-state index contributed by atoms with van der Waals surface area (Å²) in [5.41, 5.74) is 23.4. The molecule has 10 aromatic rings. The third-order valence-corrected chi connectivity index (χ3v) is 15.0. The Morgan fingerprint density at radius 3 is 1.80 bits per heavy atom. The number of aromatic nitrogens is 1. The van der Waals surface area contributed by atoms with Crippen molar-refractivity contribution >= 4 is 34.0 Å². The molecule has 0 radical (unpaired) electrons. The van der Waals surface area contributed by atoms with Crippen LogP contribution < -0.4 is 4.90 Å². The minimum atomic E-state index is -0.503. The summed E-state index contributed by atoms with van der Waals surface area (Å²) in [5.74, 6) is 0. The van der Waals surface area contributed by atoms with E-state index < -0.39 is 5.41 Å². The Morgan fingerprint density at radius 2 is 1.06 bits per heavy atom. The van der Waals surface area contributed by atoms with Gasteiger partial charge in [0, 0.05) is 44.7 Å². The van der Waals surface area contributed by atoms with E-state index in [1.54, 1.807) is 0 Å².